The van der Waals surface area contributed by atoms with Gasteiger partial charge in [0, 0.05) is 49.1 Å². The third-order valence-corrected chi connectivity index (χ3v) is 10.0. The standard InChI is InChI=1S/C29H29F6N7OS/c1-41(15-5-7-37-11-15)25-17-9-18(29(33,34)35)20(16-3-4-19(31)24-23(16)38-26(36)44-24)21(32)22(17)39-27(40-25)43-13-28-6-2-8-42(28)12-14(30)10-28/h3-4,9,14-15,37H,2,5-8,10-13H2,1H3,(H2,36,38)/t14-,15-,28+/m1/s1. The van der Waals surface area contributed by atoms with Crippen molar-refractivity contribution in [2.75, 3.05) is 50.5 Å². The third kappa shape index (κ3) is 4.79. The number of ether oxygens (including phenoxy) is 1. The van der Waals surface area contributed by atoms with E-state index in [1.807, 2.05) is 4.90 Å². The van der Waals surface area contributed by atoms with Gasteiger partial charge in [0.2, 0.25) is 0 Å². The number of rotatable bonds is 6. The molecule has 0 spiro atoms. The molecule has 2 aromatic carbocycles. The highest BCUT2D eigenvalue weighted by Gasteiger charge is 2.49. The summed E-state index contributed by atoms with van der Waals surface area (Å²) >= 11 is 0.758. The molecule has 3 aliphatic heterocycles. The maximum Gasteiger partial charge on any atom is 0.417 e. The molecule has 3 atom stereocenters. The molecule has 4 aromatic rings. The SMILES string of the molecule is CN(c1nc(OC[C@@]23CCCN2C[C@H](F)C3)nc2c(F)c(-c3ccc(F)c4sc(N)nc34)c(C(F)(F)F)cc12)[C@@H]1CCNC1. The molecule has 8 nitrogen and oxygen atoms in total. The Morgan fingerprint density at radius 3 is 2.77 bits per heavy atom. The van der Waals surface area contributed by atoms with E-state index in [9.17, 15) is 22.0 Å². The number of anilines is 2. The number of nitrogens with two attached hydrogens (primary N) is 1. The predicted molar refractivity (Wildman–Crippen MR) is 156 cm³/mol. The van der Waals surface area contributed by atoms with Crippen LogP contribution in [0.5, 0.6) is 6.01 Å². The number of alkyl halides is 4. The quantitative estimate of drug-likeness (QED) is 0.267. The number of halogens is 6. The Morgan fingerprint density at radius 2 is 2.02 bits per heavy atom. The number of fused-ring (bicyclic) bond motifs is 3. The van der Waals surface area contributed by atoms with Crippen molar-refractivity contribution in [3.63, 3.8) is 0 Å². The minimum Gasteiger partial charge on any atom is -0.461 e. The Bertz CT molecular complexity index is 1760. The molecule has 0 saturated carbocycles. The van der Waals surface area contributed by atoms with Crippen LogP contribution < -0.4 is 20.7 Å². The van der Waals surface area contributed by atoms with Gasteiger partial charge in [-0.05, 0) is 50.6 Å². The molecule has 234 valence electrons. The van der Waals surface area contributed by atoms with Crippen LogP contribution in [0.1, 0.15) is 31.2 Å². The normalized spacial score (nSPS) is 24.1. The van der Waals surface area contributed by atoms with Crippen LogP contribution in [0.4, 0.5) is 37.3 Å². The minimum atomic E-state index is -5.00. The molecule has 0 aliphatic carbocycles. The van der Waals surface area contributed by atoms with Crippen LogP contribution in [0.25, 0.3) is 32.2 Å². The van der Waals surface area contributed by atoms with Crippen molar-refractivity contribution < 1.29 is 31.1 Å². The molecule has 0 bridgehead atoms. The van der Waals surface area contributed by atoms with E-state index < -0.39 is 40.6 Å². The molecule has 44 heavy (non-hydrogen) atoms. The summed E-state index contributed by atoms with van der Waals surface area (Å²) in [5.74, 6) is -1.93. The zero-order valence-corrected chi connectivity index (χ0v) is 24.5. The predicted octanol–water partition coefficient (Wildman–Crippen LogP) is 5.54. The van der Waals surface area contributed by atoms with Crippen LogP contribution in [0.3, 0.4) is 0 Å². The van der Waals surface area contributed by atoms with Crippen LogP contribution in [-0.2, 0) is 6.18 Å². The topological polar surface area (TPSA) is 92.4 Å². The van der Waals surface area contributed by atoms with Gasteiger partial charge in [-0.2, -0.15) is 23.1 Å². The Balaban J connectivity index is 1.43. The number of nitrogens with one attached hydrogen (secondary N) is 1. The van der Waals surface area contributed by atoms with E-state index in [-0.39, 0.29) is 62.7 Å². The van der Waals surface area contributed by atoms with E-state index in [1.165, 1.54) is 0 Å². The molecular weight excluding hydrogens is 608 g/mol. The molecule has 3 N–H and O–H groups in total. The van der Waals surface area contributed by atoms with Gasteiger partial charge in [-0.1, -0.05) is 11.3 Å². The number of hydrogen-bond donors (Lipinski definition) is 2. The Kier molecular flexibility index (Phi) is 7.05. The van der Waals surface area contributed by atoms with Crippen LogP contribution >= 0.6 is 11.3 Å². The highest BCUT2D eigenvalue weighted by molar-refractivity contribution is 7.22. The first-order valence-electron chi connectivity index (χ1n) is 14.4. The van der Waals surface area contributed by atoms with Gasteiger partial charge in [-0.25, -0.2) is 18.2 Å². The van der Waals surface area contributed by atoms with Crippen LogP contribution in [0, 0.1) is 11.6 Å². The fourth-order valence-electron chi connectivity index (χ4n) is 7.00. The summed E-state index contributed by atoms with van der Waals surface area (Å²) in [7, 11) is 1.69. The van der Waals surface area contributed by atoms with Gasteiger partial charge >= 0.3 is 12.2 Å². The number of hydrogen-bond acceptors (Lipinski definition) is 9. The highest BCUT2D eigenvalue weighted by atomic mass is 32.1. The van der Waals surface area contributed by atoms with E-state index in [0.29, 0.717) is 32.5 Å². The van der Waals surface area contributed by atoms with Crippen molar-refractivity contribution >= 4 is 43.4 Å². The number of benzene rings is 2. The van der Waals surface area contributed by atoms with Gasteiger partial charge in [0.15, 0.2) is 10.9 Å². The van der Waals surface area contributed by atoms with Gasteiger partial charge in [0.05, 0.1) is 21.3 Å². The van der Waals surface area contributed by atoms with Crippen molar-refractivity contribution in [1.29, 1.82) is 0 Å². The number of thiazole rings is 1. The molecule has 0 unspecified atom stereocenters. The number of aromatic nitrogens is 3. The molecule has 7 rings (SSSR count). The molecule has 3 fully saturated rings. The van der Waals surface area contributed by atoms with Gasteiger partial charge in [0.1, 0.15) is 29.9 Å². The first-order valence-corrected chi connectivity index (χ1v) is 15.2. The van der Waals surface area contributed by atoms with Crippen molar-refractivity contribution in [2.24, 2.45) is 0 Å². The Morgan fingerprint density at radius 1 is 1.20 bits per heavy atom. The Hall–Kier alpha value is -3.43. The molecule has 0 amide bonds. The van der Waals surface area contributed by atoms with Crippen molar-refractivity contribution in [3.05, 3.63) is 35.4 Å². The Labute approximate surface area is 252 Å². The second kappa shape index (κ2) is 10.6. The van der Waals surface area contributed by atoms with Gasteiger partial charge < -0.3 is 20.7 Å². The average molecular weight is 638 g/mol. The van der Waals surface area contributed by atoms with Crippen LogP contribution in [0.2, 0.25) is 0 Å². The molecular formula is C29H29F6N7OS. The van der Waals surface area contributed by atoms with E-state index in [1.54, 1.807) is 11.9 Å². The minimum absolute atomic E-state index is 0.0544. The largest absolute Gasteiger partial charge is 0.461 e. The number of nitrogens with zero attached hydrogens (tertiary/aromatic N) is 5. The molecule has 3 saturated heterocycles. The molecule has 5 heterocycles. The third-order valence-electron chi connectivity index (χ3n) is 9.12. The summed E-state index contributed by atoms with van der Waals surface area (Å²) < 4.78 is 95.7. The lowest BCUT2D eigenvalue weighted by molar-refractivity contribution is -0.137. The lowest BCUT2D eigenvalue weighted by Crippen LogP contribution is -2.43. The van der Waals surface area contributed by atoms with Gasteiger partial charge in [-0.15, -0.1) is 0 Å². The zero-order chi connectivity index (χ0) is 31.0. The van der Waals surface area contributed by atoms with E-state index in [2.05, 4.69) is 20.3 Å². The first kappa shape index (κ1) is 29.3. The van der Waals surface area contributed by atoms with E-state index in [4.69, 9.17) is 10.5 Å². The second-order valence-electron chi connectivity index (χ2n) is 11.8. The fourth-order valence-corrected chi connectivity index (χ4v) is 7.76. The smallest absolute Gasteiger partial charge is 0.417 e. The van der Waals surface area contributed by atoms with E-state index >= 15 is 4.39 Å². The molecule has 0 radical (unpaired) electrons. The number of likely N-dealkylation sites (N-methyl/N-ethyl adjacent to an activating group) is 1. The van der Waals surface area contributed by atoms with Gasteiger partial charge in [-0.3, -0.25) is 4.90 Å². The summed E-state index contributed by atoms with van der Waals surface area (Å²) in [6.45, 7) is 2.35. The molecule has 2 aromatic heterocycles. The van der Waals surface area contributed by atoms with Crippen LogP contribution in [0.15, 0.2) is 18.2 Å². The summed E-state index contributed by atoms with van der Waals surface area (Å²) in [6.07, 6.45) is -3.43. The average Bonchev–Trinajstić information content (AvgIpc) is 3.76. The molecule has 15 heteroatoms. The lowest BCUT2D eigenvalue weighted by Gasteiger charge is -2.31. The monoisotopic (exact) mass is 637 g/mol. The second-order valence-corrected chi connectivity index (χ2v) is 12.8. The van der Waals surface area contributed by atoms with Crippen LogP contribution in [-0.4, -0.2) is 77.4 Å². The van der Waals surface area contributed by atoms with Crippen molar-refractivity contribution in [1.82, 2.24) is 25.2 Å². The zero-order valence-electron chi connectivity index (χ0n) is 23.6. The van der Waals surface area contributed by atoms with E-state index in [0.717, 1.165) is 42.5 Å². The highest BCUT2D eigenvalue weighted by Crippen LogP contribution is 2.46. The summed E-state index contributed by atoms with van der Waals surface area (Å²) in [5.41, 5.74) is 2.29. The fraction of sp³-hybridized carbons (Fsp3) is 0.483. The summed E-state index contributed by atoms with van der Waals surface area (Å²) in [4.78, 5) is 16.6. The maximum absolute atomic E-state index is 16.7. The lowest BCUT2D eigenvalue weighted by atomic mass is 9.95. The van der Waals surface area contributed by atoms with Crippen molar-refractivity contribution in [2.45, 2.75) is 49.6 Å². The van der Waals surface area contributed by atoms with Gasteiger partial charge in [0.25, 0.3) is 0 Å². The summed E-state index contributed by atoms with van der Waals surface area (Å²) in [5, 5.41) is 3.00. The number of nitrogen functional groups attached to an aromatic ring is 1. The maximum atomic E-state index is 16.7. The van der Waals surface area contributed by atoms with Crippen molar-refractivity contribution in [3.8, 4) is 17.1 Å². The summed E-state index contributed by atoms with van der Waals surface area (Å²) in [6, 6.07) is 2.51. The molecule has 3 aliphatic rings. The first-order chi connectivity index (χ1) is 20.9.